The molecule has 2 aliphatic carbocycles. The van der Waals surface area contributed by atoms with E-state index in [2.05, 4.69) is 11.2 Å². The van der Waals surface area contributed by atoms with E-state index >= 15 is 0 Å². The molecule has 0 bridgehead atoms. The first kappa shape index (κ1) is 8.13. The van der Waals surface area contributed by atoms with E-state index in [4.69, 9.17) is 6.42 Å². The van der Waals surface area contributed by atoms with Crippen LogP contribution in [0.4, 0.5) is 0 Å². The van der Waals surface area contributed by atoms with Gasteiger partial charge < -0.3 is 5.32 Å². The van der Waals surface area contributed by atoms with Crippen LogP contribution in [0.5, 0.6) is 0 Å². The molecule has 1 atom stereocenters. The van der Waals surface area contributed by atoms with Gasteiger partial charge in [0, 0.05) is 0 Å². The number of terminal acetylenes is 1. The average molecular weight is 163 g/mol. The Bertz CT molecular complexity index is 202. The molecule has 1 N–H and O–H groups in total. The summed E-state index contributed by atoms with van der Waals surface area (Å²) in [4.78, 5) is 0. The van der Waals surface area contributed by atoms with E-state index in [0.29, 0.717) is 0 Å². The topological polar surface area (TPSA) is 12.0 Å². The maximum Gasteiger partial charge on any atom is 0.0658 e. The minimum atomic E-state index is 0.251. The van der Waals surface area contributed by atoms with Crippen LogP contribution in [-0.4, -0.2) is 12.6 Å². The zero-order chi connectivity index (χ0) is 8.60. The van der Waals surface area contributed by atoms with Crippen LogP contribution in [0, 0.1) is 23.7 Å². The molecule has 0 aromatic rings. The van der Waals surface area contributed by atoms with E-state index in [1.807, 2.05) is 6.92 Å². The summed E-state index contributed by atoms with van der Waals surface area (Å²) < 4.78 is 0. The van der Waals surface area contributed by atoms with E-state index in [1.165, 1.54) is 25.7 Å². The standard InChI is InChI=1S/C11H17N/c1-3-9(2)12-8-10-6-11(7-10)4-5-11/h1,9-10,12H,4-8H2,2H3. The van der Waals surface area contributed by atoms with Gasteiger partial charge in [-0.15, -0.1) is 6.42 Å². The molecule has 1 heteroatoms. The second kappa shape index (κ2) is 2.78. The van der Waals surface area contributed by atoms with Crippen molar-refractivity contribution in [1.29, 1.82) is 0 Å². The second-order valence-corrected chi connectivity index (χ2v) is 4.57. The fraction of sp³-hybridized carbons (Fsp3) is 0.818. The molecule has 0 radical (unpaired) electrons. The van der Waals surface area contributed by atoms with Crippen molar-refractivity contribution < 1.29 is 0 Å². The Balaban J connectivity index is 1.61. The van der Waals surface area contributed by atoms with Crippen molar-refractivity contribution in [2.45, 2.75) is 38.6 Å². The number of hydrogen-bond donors (Lipinski definition) is 1. The summed E-state index contributed by atoms with van der Waals surface area (Å²) in [5.74, 6) is 3.61. The summed E-state index contributed by atoms with van der Waals surface area (Å²) in [7, 11) is 0. The van der Waals surface area contributed by atoms with Crippen molar-refractivity contribution in [2.24, 2.45) is 11.3 Å². The van der Waals surface area contributed by atoms with Crippen molar-refractivity contribution in [1.82, 2.24) is 5.32 Å². The molecule has 2 fully saturated rings. The molecule has 2 rings (SSSR count). The van der Waals surface area contributed by atoms with Crippen LogP contribution in [0.15, 0.2) is 0 Å². The highest BCUT2D eigenvalue weighted by molar-refractivity contribution is 5.05. The lowest BCUT2D eigenvalue weighted by molar-refractivity contribution is 0.164. The zero-order valence-electron chi connectivity index (χ0n) is 7.77. The van der Waals surface area contributed by atoms with Gasteiger partial charge in [-0.3, -0.25) is 0 Å². The summed E-state index contributed by atoms with van der Waals surface area (Å²) in [6.45, 7) is 3.18. The monoisotopic (exact) mass is 163 g/mol. The molecule has 2 saturated carbocycles. The fourth-order valence-electron chi connectivity index (χ4n) is 2.30. The minimum Gasteiger partial charge on any atom is -0.304 e. The molecule has 1 nitrogen and oxygen atoms in total. The van der Waals surface area contributed by atoms with Crippen LogP contribution in [0.1, 0.15) is 32.6 Å². The summed E-state index contributed by atoms with van der Waals surface area (Å²) >= 11 is 0. The van der Waals surface area contributed by atoms with Crippen molar-refractivity contribution in [3.05, 3.63) is 0 Å². The Hall–Kier alpha value is -0.480. The van der Waals surface area contributed by atoms with Crippen LogP contribution < -0.4 is 5.32 Å². The molecule has 1 spiro atoms. The first-order chi connectivity index (χ1) is 5.74. The number of rotatable bonds is 3. The first-order valence-corrected chi connectivity index (χ1v) is 4.94. The van der Waals surface area contributed by atoms with Gasteiger partial charge in [-0.1, -0.05) is 5.92 Å². The molecule has 1 unspecified atom stereocenters. The predicted molar refractivity (Wildman–Crippen MR) is 50.7 cm³/mol. The number of hydrogen-bond acceptors (Lipinski definition) is 1. The van der Waals surface area contributed by atoms with Crippen LogP contribution in [-0.2, 0) is 0 Å². The van der Waals surface area contributed by atoms with Crippen LogP contribution in [0.2, 0.25) is 0 Å². The Morgan fingerprint density at radius 3 is 2.75 bits per heavy atom. The molecule has 0 saturated heterocycles. The predicted octanol–water partition coefficient (Wildman–Crippen LogP) is 1.79. The summed E-state index contributed by atoms with van der Waals surface area (Å²) in [6.07, 6.45) is 11.2. The van der Waals surface area contributed by atoms with Crippen LogP contribution in [0.25, 0.3) is 0 Å². The maximum atomic E-state index is 5.27. The van der Waals surface area contributed by atoms with Gasteiger partial charge in [0.2, 0.25) is 0 Å². The van der Waals surface area contributed by atoms with E-state index in [-0.39, 0.29) is 6.04 Å². The Morgan fingerprint density at radius 1 is 1.58 bits per heavy atom. The molecule has 0 aromatic carbocycles. The quantitative estimate of drug-likeness (QED) is 0.625. The molecule has 2 aliphatic rings. The van der Waals surface area contributed by atoms with Gasteiger partial charge in [-0.05, 0) is 50.5 Å². The Morgan fingerprint density at radius 2 is 2.25 bits per heavy atom. The van der Waals surface area contributed by atoms with Crippen molar-refractivity contribution in [3.8, 4) is 12.3 Å². The Labute approximate surface area is 74.9 Å². The van der Waals surface area contributed by atoms with Gasteiger partial charge in [0.05, 0.1) is 6.04 Å². The van der Waals surface area contributed by atoms with E-state index in [9.17, 15) is 0 Å². The highest BCUT2D eigenvalue weighted by Crippen LogP contribution is 2.63. The summed E-state index contributed by atoms with van der Waals surface area (Å²) in [5, 5.41) is 3.36. The summed E-state index contributed by atoms with van der Waals surface area (Å²) in [5.41, 5.74) is 0.839. The molecule has 66 valence electrons. The van der Waals surface area contributed by atoms with Gasteiger partial charge >= 0.3 is 0 Å². The van der Waals surface area contributed by atoms with Crippen LogP contribution in [0.3, 0.4) is 0 Å². The molecule has 0 heterocycles. The highest BCUT2D eigenvalue weighted by atomic mass is 14.9. The third kappa shape index (κ3) is 1.49. The largest absolute Gasteiger partial charge is 0.304 e. The van der Waals surface area contributed by atoms with Gasteiger partial charge in [0.1, 0.15) is 0 Å². The fourth-order valence-corrected chi connectivity index (χ4v) is 2.30. The highest BCUT2D eigenvalue weighted by Gasteiger charge is 2.52. The molecule has 12 heavy (non-hydrogen) atoms. The molecular formula is C11H17N. The normalized spacial score (nSPS) is 27.7. The second-order valence-electron chi connectivity index (χ2n) is 4.57. The van der Waals surface area contributed by atoms with Crippen molar-refractivity contribution in [3.63, 3.8) is 0 Å². The summed E-state index contributed by atoms with van der Waals surface area (Å²) in [6, 6.07) is 0.251. The smallest absolute Gasteiger partial charge is 0.0658 e. The van der Waals surface area contributed by atoms with Crippen LogP contribution >= 0.6 is 0 Å². The van der Waals surface area contributed by atoms with Crippen molar-refractivity contribution in [2.75, 3.05) is 6.54 Å². The van der Waals surface area contributed by atoms with E-state index in [1.54, 1.807) is 0 Å². The molecular weight excluding hydrogens is 146 g/mol. The van der Waals surface area contributed by atoms with E-state index < -0.39 is 0 Å². The van der Waals surface area contributed by atoms with Gasteiger partial charge in [0.15, 0.2) is 0 Å². The third-order valence-corrected chi connectivity index (χ3v) is 3.36. The first-order valence-electron chi connectivity index (χ1n) is 4.94. The SMILES string of the molecule is C#CC(C)NCC1CC2(CC2)C1. The van der Waals surface area contributed by atoms with E-state index in [0.717, 1.165) is 17.9 Å². The lowest BCUT2D eigenvalue weighted by Crippen LogP contribution is -2.37. The molecule has 0 aromatic heterocycles. The minimum absolute atomic E-state index is 0.251. The maximum absolute atomic E-state index is 5.27. The lowest BCUT2D eigenvalue weighted by Gasteiger charge is -2.36. The number of nitrogens with one attached hydrogen (secondary N) is 1. The average Bonchev–Trinajstić information content (AvgIpc) is 2.77. The van der Waals surface area contributed by atoms with Gasteiger partial charge in [0.25, 0.3) is 0 Å². The zero-order valence-corrected chi connectivity index (χ0v) is 7.77. The third-order valence-electron chi connectivity index (χ3n) is 3.36. The molecule has 0 amide bonds. The molecule has 0 aliphatic heterocycles. The van der Waals surface area contributed by atoms with Gasteiger partial charge in [-0.25, -0.2) is 0 Å². The Kier molecular flexibility index (Phi) is 1.88. The van der Waals surface area contributed by atoms with Gasteiger partial charge in [-0.2, -0.15) is 0 Å². The lowest BCUT2D eigenvalue weighted by atomic mass is 9.72. The van der Waals surface area contributed by atoms with Crippen molar-refractivity contribution >= 4 is 0 Å².